The van der Waals surface area contributed by atoms with Gasteiger partial charge < -0.3 is 14.1 Å². The molecule has 1 saturated heterocycles. The molecule has 2 heterocycles. The van der Waals surface area contributed by atoms with Crippen molar-refractivity contribution in [3.63, 3.8) is 0 Å². The molecule has 178 valence electrons. The van der Waals surface area contributed by atoms with Crippen molar-refractivity contribution in [2.24, 2.45) is 0 Å². The highest BCUT2D eigenvalue weighted by atomic mass is 32.1. The predicted octanol–water partition coefficient (Wildman–Crippen LogP) is 4.56. The van der Waals surface area contributed by atoms with E-state index in [4.69, 9.17) is 21.4 Å². The smallest absolute Gasteiger partial charge is 0.325 e. The molecule has 3 aromatic rings. The Labute approximate surface area is 206 Å². The van der Waals surface area contributed by atoms with Crippen LogP contribution in [0, 0.1) is 10.1 Å². The van der Waals surface area contributed by atoms with Gasteiger partial charge >= 0.3 is 5.97 Å². The highest BCUT2D eigenvalue weighted by Crippen LogP contribution is 2.33. The molecule has 0 atom stereocenters. The monoisotopic (exact) mass is 491 g/mol. The van der Waals surface area contributed by atoms with Crippen molar-refractivity contribution in [3.8, 4) is 11.3 Å². The molecule has 0 N–H and O–H groups in total. The molecule has 2 aromatic carbocycles. The molecule has 1 amide bonds. The molecule has 9 nitrogen and oxygen atoms in total. The molecule has 0 spiro atoms. The van der Waals surface area contributed by atoms with Gasteiger partial charge in [-0.05, 0) is 54.5 Å². The van der Waals surface area contributed by atoms with E-state index in [1.165, 1.54) is 29.1 Å². The average Bonchev–Trinajstić information content (AvgIpc) is 3.42. The Morgan fingerprint density at radius 2 is 1.86 bits per heavy atom. The van der Waals surface area contributed by atoms with E-state index in [1.54, 1.807) is 42.5 Å². The van der Waals surface area contributed by atoms with Crippen molar-refractivity contribution < 1.29 is 23.7 Å². The van der Waals surface area contributed by atoms with Gasteiger partial charge in [-0.2, -0.15) is 0 Å². The van der Waals surface area contributed by atoms with E-state index in [0.717, 1.165) is 12.0 Å². The number of nitrogens with zero attached hydrogens (tertiary/aromatic N) is 3. The molecule has 1 aliphatic heterocycles. The summed E-state index contributed by atoms with van der Waals surface area (Å²) >= 11 is 5.55. The molecule has 0 aliphatic carbocycles. The summed E-state index contributed by atoms with van der Waals surface area (Å²) in [7, 11) is 1.25. The van der Waals surface area contributed by atoms with E-state index < -0.39 is 16.8 Å². The van der Waals surface area contributed by atoms with Crippen LogP contribution in [0.2, 0.25) is 0 Å². The zero-order chi connectivity index (χ0) is 25.1. The summed E-state index contributed by atoms with van der Waals surface area (Å²) in [5, 5.41) is 11.5. The van der Waals surface area contributed by atoms with Crippen LogP contribution >= 0.6 is 12.2 Å². The van der Waals surface area contributed by atoms with E-state index in [-0.39, 0.29) is 34.6 Å². The number of benzene rings is 2. The maximum atomic E-state index is 13.4. The van der Waals surface area contributed by atoms with Gasteiger partial charge in [0.25, 0.3) is 11.6 Å². The summed E-state index contributed by atoms with van der Waals surface area (Å²) in [5.41, 5.74) is 1.98. The molecule has 1 aromatic heterocycles. The number of carbonyl (C=O) groups excluding carboxylic acids is 2. The van der Waals surface area contributed by atoms with Gasteiger partial charge in [-0.1, -0.05) is 31.2 Å². The molecular weight excluding hydrogens is 470 g/mol. The molecule has 0 unspecified atom stereocenters. The van der Waals surface area contributed by atoms with Crippen LogP contribution in [0.1, 0.15) is 18.2 Å². The number of methoxy groups -OCH3 is 1. The van der Waals surface area contributed by atoms with Gasteiger partial charge in [0.05, 0.1) is 23.3 Å². The van der Waals surface area contributed by atoms with Crippen molar-refractivity contribution in [3.05, 3.63) is 87.8 Å². The number of hydrogen-bond acceptors (Lipinski definition) is 7. The van der Waals surface area contributed by atoms with Gasteiger partial charge in [0, 0.05) is 12.1 Å². The maximum absolute atomic E-state index is 13.4. The second-order valence-electron chi connectivity index (χ2n) is 7.61. The third-order valence-electron chi connectivity index (χ3n) is 5.52. The van der Waals surface area contributed by atoms with Gasteiger partial charge in [0.1, 0.15) is 23.8 Å². The number of nitro groups is 1. The van der Waals surface area contributed by atoms with Gasteiger partial charge in [-0.25, -0.2) is 0 Å². The standard InChI is InChI=1S/C25H21N3O6S/c1-3-16-8-10-17(11-9-16)27-24(30)21(26(25(27)35)15-23(29)33-2)14-18-12-13-22(34-18)19-6-4-5-7-20(19)28(31)32/h4-14H,3,15H2,1-2H3/b21-14-. The molecule has 0 radical (unpaired) electrons. The van der Waals surface area contributed by atoms with Crippen LogP contribution in [0.5, 0.6) is 0 Å². The first-order valence-corrected chi connectivity index (χ1v) is 11.1. The molecular formula is C25H21N3O6S. The Bertz CT molecular complexity index is 1350. The fourth-order valence-corrected chi connectivity index (χ4v) is 4.04. The number of anilines is 1. The molecule has 4 rings (SSSR count). The van der Waals surface area contributed by atoms with E-state index in [9.17, 15) is 19.7 Å². The lowest BCUT2D eigenvalue weighted by molar-refractivity contribution is -0.384. The number of esters is 1. The van der Waals surface area contributed by atoms with Crippen molar-refractivity contribution in [1.82, 2.24) is 4.90 Å². The highest BCUT2D eigenvalue weighted by Gasteiger charge is 2.40. The molecule has 0 bridgehead atoms. The zero-order valence-corrected chi connectivity index (χ0v) is 19.8. The number of hydrogen-bond donors (Lipinski definition) is 0. The first-order valence-electron chi connectivity index (χ1n) is 10.7. The number of ether oxygens (including phenoxy) is 1. The van der Waals surface area contributed by atoms with E-state index in [2.05, 4.69) is 0 Å². The molecule has 35 heavy (non-hydrogen) atoms. The number of aryl methyl sites for hydroxylation is 1. The number of carbonyl (C=O) groups is 2. The Hall–Kier alpha value is -4.31. The van der Waals surface area contributed by atoms with Crippen LogP contribution < -0.4 is 4.90 Å². The summed E-state index contributed by atoms with van der Waals surface area (Å²) in [6.45, 7) is 1.76. The largest absolute Gasteiger partial charge is 0.468 e. The lowest BCUT2D eigenvalue weighted by atomic mass is 10.1. The number of para-hydroxylation sites is 1. The van der Waals surface area contributed by atoms with Crippen molar-refractivity contribution in [2.75, 3.05) is 18.6 Å². The first-order chi connectivity index (χ1) is 16.8. The first kappa shape index (κ1) is 23.8. The van der Waals surface area contributed by atoms with Crippen LogP contribution in [0.25, 0.3) is 17.4 Å². The van der Waals surface area contributed by atoms with Crippen LogP contribution in [0.4, 0.5) is 11.4 Å². The third kappa shape index (κ3) is 4.69. The number of nitro benzene ring substituents is 1. The summed E-state index contributed by atoms with van der Waals surface area (Å²) < 4.78 is 10.6. The lowest BCUT2D eigenvalue weighted by Gasteiger charge is -2.19. The molecule has 0 saturated carbocycles. The topological polar surface area (TPSA) is 106 Å². The zero-order valence-electron chi connectivity index (χ0n) is 19.0. The van der Waals surface area contributed by atoms with Crippen LogP contribution in [0.15, 0.2) is 70.8 Å². The van der Waals surface area contributed by atoms with Gasteiger partial charge in [0.15, 0.2) is 5.11 Å². The minimum atomic E-state index is -0.575. The maximum Gasteiger partial charge on any atom is 0.325 e. The summed E-state index contributed by atoms with van der Waals surface area (Å²) in [6.07, 6.45) is 2.30. The number of furan rings is 1. The lowest BCUT2D eigenvalue weighted by Crippen LogP contribution is -2.35. The summed E-state index contributed by atoms with van der Waals surface area (Å²) in [6, 6.07) is 16.8. The van der Waals surface area contributed by atoms with Crippen LogP contribution in [0.3, 0.4) is 0 Å². The number of rotatable bonds is 7. The second kappa shape index (κ2) is 9.90. The quantitative estimate of drug-likeness (QED) is 0.156. The Kier molecular flexibility index (Phi) is 6.74. The number of amides is 1. The van der Waals surface area contributed by atoms with Gasteiger partial charge in [0.2, 0.25) is 0 Å². The fourth-order valence-electron chi connectivity index (χ4n) is 3.69. The van der Waals surface area contributed by atoms with Gasteiger partial charge in [-0.15, -0.1) is 0 Å². The Morgan fingerprint density at radius 1 is 1.14 bits per heavy atom. The van der Waals surface area contributed by atoms with Gasteiger partial charge in [-0.3, -0.25) is 24.6 Å². The highest BCUT2D eigenvalue weighted by molar-refractivity contribution is 7.80. The predicted molar refractivity (Wildman–Crippen MR) is 133 cm³/mol. The molecule has 10 heteroatoms. The van der Waals surface area contributed by atoms with Crippen LogP contribution in [-0.2, 0) is 20.7 Å². The summed E-state index contributed by atoms with van der Waals surface area (Å²) in [4.78, 5) is 39.1. The van der Waals surface area contributed by atoms with E-state index in [0.29, 0.717) is 11.3 Å². The number of thiocarbonyl (C=S) groups is 1. The SMILES string of the molecule is CCc1ccc(N2C(=O)/C(=C/c3ccc(-c4ccccc4[N+](=O)[O-])o3)N(CC(=O)OC)C2=S)cc1. The van der Waals surface area contributed by atoms with Crippen molar-refractivity contribution >= 4 is 46.7 Å². The fraction of sp³-hybridized carbons (Fsp3) is 0.160. The Balaban J connectivity index is 1.73. The van der Waals surface area contributed by atoms with E-state index in [1.807, 2.05) is 19.1 Å². The third-order valence-corrected chi connectivity index (χ3v) is 5.93. The second-order valence-corrected chi connectivity index (χ2v) is 7.98. The van der Waals surface area contributed by atoms with Crippen molar-refractivity contribution in [2.45, 2.75) is 13.3 Å². The Morgan fingerprint density at radius 3 is 2.51 bits per heavy atom. The van der Waals surface area contributed by atoms with Crippen LogP contribution in [-0.4, -0.2) is 40.5 Å². The summed E-state index contributed by atoms with van der Waals surface area (Å²) in [5.74, 6) is -0.480. The minimum Gasteiger partial charge on any atom is -0.468 e. The normalized spacial score (nSPS) is 14.6. The minimum absolute atomic E-state index is 0.104. The average molecular weight is 492 g/mol. The molecule has 1 aliphatic rings. The van der Waals surface area contributed by atoms with Crippen molar-refractivity contribution in [1.29, 1.82) is 0 Å². The van der Waals surface area contributed by atoms with E-state index >= 15 is 0 Å². The molecule has 1 fully saturated rings.